The summed E-state index contributed by atoms with van der Waals surface area (Å²) in [7, 11) is 0. The van der Waals surface area contributed by atoms with Gasteiger partial charge in [0.05, 0.1) is 5.92 Å². The number of hydrogen-bond donors (Lipinski definition) is 2. The Balaban J connectivity index is 1.94. The first-order valence-corrected chi connectivity index (χ1v) is 6.74. The van der Waals surface area contributed by atoms with Crippen LogP contribution in [0.2, 0.25) is 0 Å². The lowest BCUT2D eigenvalue weighted by molar-refractivity contribution is -0.138. The Labute approximate surface area is 112 Å². The maximum Gasteiger partial charge on any atom is 0.312 e. The first-order valence-electron chi connectivity index (χ1n) is 6.74. The molecule has 1 atom stereocenters. The molecule has 4 heteroatoms. The Hall–Kier alpha value is -1.84. The summed E-state index contributed by atoms with van der Waals surface area (Å²) >= 11 is 0. The van der Waals surface area contributed by atoms with Crippen molar-refractivity contribution in [2.45, 2.75) is 31.6 Å². The van der Waals surface area contributed by atoms with Gasteiger partial charge in [-0.15, -0.1) is 0 Å². The van der Waals surface area contributed by atoms with E-state index in [9.17, 15) is 14.7 Å². The average molecular weight is 261 g/mol. The molecule has 0 aromatic heterocycles. The molecule has 2 rings (SSSR count). The van der Waals surface area contributed by atoms with Crippen LogP contribution in [-0.4, -0.2) is 23.5 Å². The number of carbonyl (C=O) groups excluding carboxylic acids is 1. The molecule has 4 nitrogen and oxygen atoms in total. The molecular formula is C15H19NO3. The Morgan fingerprint density at radius 2 is 1.84 bits per heavy atom. The summed E-state index contributed by atoms with van der Waals surface area (Å²) in [6.07, 6.45) is 4.04. The van der Waals surface area contributed by atoms with Crippen molar-refractivity contribution >= 4 is 11.9 Å². The monoisotopic (exact) mass is 261 g/mol. The molecule has 0 saturated heterocycles. The predicted molar refractivity (Wildman–Crippen MR) is 71.8 cm³/mol. The molecule has 0 aliphatic heterocycles. The summed E-state index contributed by atoms with van der Waals surface area (Å²) in [6.45, 7) is 0.161. The van der Waals surface area contributed by atoms with E-state index < -0.39 is 11.9 Å². The Bertz CT molecular complexity index is 438. The molecule has 1 aliphatic carbocycles. The van der Waals surface area contributed by atoms with Crippen LogP contribution in [0, 0.1) is 5.92 Å². The van der Waals surface area contributed by atoms with Gasteiger partial charge in [-0.1, -0.05) is 43.2 Å². The fraction of sp³-hybridized carbons (Fsp3) is 0.467. The number of nitrogens with one attached hydrogen (secondary N) is 1. The van der Waals surface area contributed by atoms with Crippen molar-refractivity contribution < 1.29 is 14.7 Å². The van der Waals surface area contributed by atoms with E-state index in [0.717, 1.165) is 31.2 Å². The molecule has 1 aromatic rings. The van der Waals surface area contributed by atoms with Gasteiger partial charge in [0.25, 0.3) is 0 Å². The molecule has 1 unspecified atom stereocenters. The third kappa shape index (κ3) is 3.56. The first kappa shape index (κ1) is 13.6. The number of carboxylic acids is 1. The normalized spacial score (nSPS) is 17.1. The molecule has 19 heavy (non-hydrogen) atoms. The number of carbonyl (C=O) groups is 2. The summed E-state index contributed by atoms with van der Waals surface area (Å²) in [6, 6.07) is 9.02. The minimum absolute atomic E-state index is 0.000295. The van der Waals surface area contributed by atoms with E-state index in [1.54, 1.807) is 12.1 Å². The van der Waals surface area contributed by atoms with Crippen molar-refractivity contribution in [2.75, 3.05) is 6.54 Å². The van der Waals surface area contributed by atoms with E-state index in [4.69, 9.17) is 0 Å². The van der Waals surface area contributed by atoms with Crippen molar-refractivity contribution in [1.82, 2.24) is 5.32 Å². The molecule has 0 bridgehead atoms. The molecule has 1 aromatic carbocycles. The second kappa shape index (κ2) is 6.36. The second-order valence-electron chi connectivity index (χ2n) is 5.03. The van der Waals surface area contributed by atoms with Gasteiger partial charge in [0, 0.05) is 12.5 Å². The lowest BCUT2D eigenvalue weighted by Crippen LogP contribution is -2.35. The van der Waals surface area contributed by atoms with Gasteiger partial charge in [-0.2, -0.15) is 0 Å². The Kier molecular flexibility index (Phi) is 4.55. The number of hydrogen-bond acceptors (Lipinski definition) is 2. The zero-order valence-corrected chi connectivity index (χ0v) is 10.8. The van der Waals surface area contributed by atoms with Gasteiger partial charge in [0.2, 0.25) is 5.91 Å². The lowest BCUT2D eigenvalue weighted by atomic mass is 9.99. The highest BCUT2D eigenvalue weighted by atomic mass is 16.4. The van der Waals surface area contributed by atoms with Crippen molar-refractivity contribution in [3.05, 3.63) is 35.9 Å². The van der Waals surface area contributed by atoms with Crippen LogP contribution < -0.4 is 5.32 Å². The number of carboxylic acid groups (broad SMARTS) is 1. The van der Waals surface area contributed by atoms with Gasteiger partial charge in [0.15, 0.2) is 0 Å². The van der Waals surface area contributed by atoms with Crippen molar-refractivity contribution in [2.24, 2.45) is 5.92 Å². The standard InChI is InChI=1S/C15H19NO3/c17-14(12-8-4-5-9-12)16-10-13(15(18)19)11-6-2-1-3-7-11/h1-3,6-7,12-13H,4-5,8-10H2,(H,16,17)(H,18,19). The summed E-state index contributed by atoms with van der Waals surface area (Å²) in [5, 5.41) is 12.0. The Morgan fingerprint density at radius 3 is 2.42 bits per heavy atom. The van der Waals surface area contributed by atoms with Crippen molar-refractivity contribution in [1.29, 1.82) is 0 Å². The van der Waals surface area contributed by atoms with E-state index in [2.05, 4.69) is 5.32 Å². The molecule has 1 amide bonds. The van der Waals surface area contributed by atoms with Crippen molar-refractivity contribution in [3.63, 3.8) is 0 Å². The molecule has 0 radical (unpaired) electrons. The molecule has 1 aliphatic rings. The largest absolute Gasteiger partial charge is 0.481 e. The minimum atomic E-state index is -0.905. The lowest BCUT2D eigenvalue weighted by Gasteiger charge is -2.15. The van der Waals surface area contributed by atoms with Crippen LogP contribution >= 0.6 is 0 Å². The van der Waals surface area contributed by atoms with Gasteiger partial charge in [-0.3, -0.25) is 9.59 Å². The van der Waals surface area contributed by atoms with E-state index in [0.29, 0.717) is 0 Å². The van der Waals surface area contributed by atoms with Crippen LogP contribution in [0.3, 0.4) is 0 Å². The predicted octanol–water partition coefficient (Wildman–Crippen LogP) is 2.16. The van der Waals surface area contributed by atoms with Gasteiger partial charge in [0.1, 0.15) is 0 Å². The number of benzene rings is 1. The fourth-order valence-electron chi connectivity index (χ4n) is 2.57. The molecule has 0 heterocycles. The second-order valence-corrected chi connectivity index (χ2v) is 5.03. The third-order valence-corrected chi connectivity index (χ3v) is 3.71. The zero-order chi connectivity index (χ0) is 13.7. The molecule has 0 spiro atoms. The smallest absolute Gasteiger partial charge is 0.312 e. The molecule has 2 N–H and O–H groups in total. The van der Waals surface area contributed by atoms with Crippen LogP contribution in [0.25, 0.3) is 0 Å². The average Bonchev–Trinajstić information content (AvgIpc) is 2.93. The van der Waals surface area contributed by atoms with Gasteiger partial charge >= 0.3 is 5.97 Å². The van der Waals surface area contributed by atoms with Gasteiger partial charge < -0.3 is 10.4 Å². The summed E-state index contributed by atoms with van der Waals surface area (Å²) in [4.78, 5) is 23.2. The fourth-order valence-corrected chi connectivity index (χ4v) is 2.57. The minimum Gasteiger partial charge on any atom is -0.481 e. The number of rotatable bonds is 5. The van der Waals surface area contributed by atoms with Gasteiger partial charge in [-0.05, 0) is 18.4 Å². The quantitative estimate of drug-likeness (QED) is 0.853. The van der Waals surface area contributed by atoms with E-state index >= 15 is 0 Å². The van der Waals surface area contributed by atoms with Crippen LogP contribution in [0.1, 0.15) is 37.2 Å². The van der Waals surface area contributed by atoms with Crippen LogP contribution in [-0.2, 0) is 9.59 Å². The highest BCUT2D eigenvalue weighted by Gasteiger charge is 2.25. The topological polar surface area (TPSA) is 66.4 Å². The third-order valence-electron chi connectivity index (χ3n) is 3.71. The summed E-state index contributed by atoms with van der Waals surface area (Å²) < 4.78 is 0. The van der Waals surface area contributed by atoms with Crippen LogP contribution in [0.15, 0.2) is 30.3 Å². The van der Waals surface area contributed by atoms with Gasteiger partial charge in [-0.25, -0.2) is 0 Å². The van der Waals surface area contributed by atoms with Crippen LogP contribution in [0.4, 0.5) is 0 Å². The SMILES string of the molecule is O=C(NCC(C(=O)O)c1ccccc1)C1CCCC1. The highest BCUT2D eigenvalue weighted by Crippen LogP contribution is 2.25. The molecule has 102 valence electrons. The van der Waals surface area contributed by atoms with E-state index in [1.807, 2.05) is 18.2 Å². The summed E-state index contributed by atoms with van der Waals surface area (Å²) in [5.41, 5.74) is 0.724. The molecule has 1 fully saturated rings. The Morgan fingerprint density at radius 1 is 1.21 bits per heavy atom. The number of aliphatic carboxylic acids is 1. The maximum absolute atomic E-state index is 11.9. The first-order chi connectivity index (χ1) is 9.18. The molecule has 1 saturated carbocycles. The van der Waals surface area contributed by atoms with Crippen LogP contribution in [0.5, 0.6) is 0 Å². The zero-order valence-electron chi connectivity index (χ0n) is 10.8. The van der Waals surface area contributed by atoms with Crippen molar-refractivity contribution in [3.8, 4) is 0 Å². The van der Waals surface area contributed by atoms with E-state index in [-0.39, 0.29) is 18.4 Å². The summed E-state index contributed by atoms with van der Waals surface area (Å²) in [5.74, 6) is -1.51. The molecular weight excluding hydrogens is 242 g/mol. The van der Waals surface area contributed by atoms with E-state index in [1.165, 1.54) is 0 Å². The number of amides is 1. The maximum atomic E-state index is 11.9. The highest BCUT2D eigenvalue weighted by molar-refractivity contribution is 5.81.